The lowest BCUT2D eigenvalue weighted by Crippen LogP contribution is -2.04. The molecule has 1 N–H and O–H groups in total. The molecule has 0 saturated carbocycles. The summed E-state index contributed by atoms with van der Waals surface area (Å²) in [5, 5.41) is 3.50. The van der Waals surface area contributed by atoms with Gasteiger partial charge in [0.1, 0.15) is 18.3 Å². The standard InChI is InChI=1S/C21H15F3N6OS/c22-21(23,24)14-1-3-15(4-2-14)30-20-27-10-16(32-20)5-6-19(31)18-7-17(28-12-29-18)13-8-25-11-26-9-13/h1-4,7-12H,5-6H2,(H,27,30). The molecule has 4 rings (SSSR count). The minimum atomic E-state index is -4.38. The largest absolute Gasteiger partial charge is 0.416 e. The van der Waals surface area contributed by atoms with Gasteiger partial charge < -0.3 is 5.32 Å². The highest BCUT2D eigenvalue weighted by molar-refractivity contribution is 7.15. The second-order valence-corrected chi connectivity index (χ2v) is 7.79. The van der Waals surface area contributed by atoms with Crippen LogP contribution in [0.25, 0.3) is 11.3 Å². The first-order valence-corrected chi connectivity index (χ1v) is 10.2. The number of carbonyl (C=O) groups is 1. The molecule has 32 heavy (non-hydrogen) atoms. The maximum absolute atomic E-state index is 12.7. The van der Waals surface area contributed by atoms with Gasteiger partial charge >= 0.3 is 6.18 Å². The van der Waals surface area contributed by atoms with Gasteiger partial charge in [0.25, 0.3) is 0 Å². The van der Waals surface area contributed by atoms with Crippen LogP contribution in [0.1, 0.15) is 27.3 Å². The molecule has 0 bridgehead atoms. The third-order valence-electron chi connectivity index (χ3n) is 4.42. The lowest BCUT2D eigenvalue weighted by Gasteiger charge is -2.07. The molecule has 4 aromatic rings. The molecule has 1 aromatic carbocycles. The summed E-state index contributed by atoms with van der Waals surface area (Å²) >= 11 is 1.33. The number of carbonyl (C=O) groups excluding carboxylic acids is 1. The van der Waals surface area contributed by atoms with Crippen molar-refractivity contribution in [1.29, 1.82) is 0 Å². The summed E-state index contributed by atoms with van der Waals surface area (Å²) in [5.41, 5.74) is 1.32. The highest BCUT2D eigenvalue weighted by atomic mass is 32.1. The van der Waals surface area contributed by atoms with E-state index in [0.29, 0.717) is 34.2 Å². The van der Waals surface area contributed by atoms with Gasteiger partial charge in [0.2, 0.25) is 0 Å². The third kappa shape index (κ3) is 5.30. The fourth-order valence-electron chi connectivity index (χ4n) is 2.81. The Morgan fingerprint density at radius 2 is 1.72 bits per heavy atom. The maximum Gasteiger partial charge on any atom is 0.416 e. The van der Waals surface area contributed by atoms with Crippen LogP contribution in [0.5, 0.6) is 0 Å². The van der Waals surface area contributed by atoms with Crippen LogP contribution in [0.15, 0.2) is 61.6 Å². The fourth-order valence-corrected chi connectivity index (χ4v) is 3.64. The van der Waals surface area contributed by atoms with Gasteiger partial charge in [-0.1, -0.05) is 0 Å². The Kier molecular flexibility index (Phi) is 6.17. The molecule has 0 spiro atoms. The van der Waals surface area contributed by atoms with E-state index >= 15 is 0 Å². The van der Waals surface area contributed by atoms with E-state index in [1.165, 1.54) is 36.1 Å². The van der Waals surface area contributed by atoms with Gasteiger partial charge in [0.15, 0.2) is 10.9 Å². The van der Waals surface area contributed by atoms with Crippen LogP contribution in [0.2, 0.25) is 0 Å². The van der Waals surface area contributed by atoms with E-state index in [1.807, 2.05) is 0 Å². The molecule has 0 atom stereocenters. The molecule has 0 radical (unpaired) electrons. The minimum absolute atomic E-state index is 0.142. The summed E-state index contributed by atoms with van der Waals surface area (Å²) in [6.07, 6.45) is 3.89. The summed E-state index contributed by atoms with van der Waals surface area (Å²) in [6.45, 7) is 0. The normalized spacial score (nSPS) is 11.3. The zero-order valence-electron chi connectivity index (χ0n) is 16.4. The first-order valence-electron chi connectivity index (χ1n) is 9.38. The number of anilines is 2. The van der Waals surface area contributed by atoms with Crippen molar-refractivity contribution in [3.8, 4) is 11.3 Å². The van der Waals surface area contributed by atoms with Crippen molar-refractivity contribution in [3.05, 3.63) is 77.7 Å². The van der Waals surface area contributed by atoms with Crippen molar-refractivity contribution >= 4 is 27.9 Å². The number of thiazole rings is 1. The van der Waals surface area contributed by atoms with E-state index < -0.39 is 11.7 Å². The van der Waals surface area contributed by atoms with Crippen molar-refractivity contribution in [1.82, 2.24) is 24.9 Å². The molecule has 3 aromatic heterocycles. The van der Waals surface area contributed by atoms with Crippen molar-refractivity contribution in [2.24, 2.45) is 0 Å². The lowest BCUT2D eigenvalue weighted by atomic mass is 10.1. The van der Waals surface area contributed by atoms with E-state index in [-0.39, 0.29) is 12.2 Å². The summed E-state index contributed by atoms with van der Waals surface area (Å²) < 4.78 is 38.0. The van der Waals surface area contributed by atoms with Gasteiger partial charge in [-0.2, -0.15) is 13.2 Å². The molecule has 0 fully saturated rings. The van der Waals surface area contributed by atoms with Crippen LogP contribution in [0, 0.1) is 0 Å². The molecule has 7 nitrogen and oxygen atoms in total. The van der Waals surface area contributed by atoms with E-state index in [2.05, 4.69) is 30.2 Å². The van der Waals surface area contributed by atoms with Crippen LogP contribution in [-0.4, -0.2) is 30.7 Å². The van der Waals surface area contributed by atoms with Crippen LogP contribution in [-0.2, 0) is 12.6 Å². The van der Waals surface area contributed by atoms with E-state index in [1.54, 1.807) is 24.7 Å². The summed E-state index contributed by atoms with van der Waals surface area (Å²) in [6, 6.07) is 6.31. The lowest BCUT2D eigenvalue weighted by molar-refractivity contribution is -0.137. The summed E-state index contributed by atoms with van der Waals surface area (Å²) in [4.78, 5) is 33.7. The zero-order chi connectivity index (χ0) is 22.6. The molecule has 0 unspecified atom stereocenters. The number of ketones is 1. The topological polar surface area (TPSA) is 93.6 Å². The molecule has 0 aliphatic carbocycles. The predicted molar refractivity (Wildman–Crippen MR) is 113 cm³/mol. The number of aryl methyl sites for hydroxylation is 1. The van der Waals surface area contributed by atoms with Gasteiger partial charge in [-0.15, -0.1) is 11.3 Å². The Morgan fingerprint density at radius 1 is 0.969 bits per heavy atom. The van der Waals surface area contributed by atoms with Crippen LogP contribution in [0.4, 0.5) is 24.0 Å². The van der Waals surface area contributed by atoms with E-state index in [0.717, 1.165) is 17.0 Å². The molecule has 3 heterocycles. The average molecular weight is 456 g/mol. The molecule has 11 heteroatoms. The average Bonchev–Trinajstić information content (AvgIpc) is 3.25. The number of Topliss-reactive ketones (excluding diaryl/α,β-unsaturated/α-hetero) is 1. The Morgan fingerprint density at radius 3 is 2.44 bits per heavy atom. The first kappa shape index (κ1) is 21.5. The second kappa shape index (κ2) is 9.18. The second-order valence-electron chi connectivity index (χ2n) is 6.67. The first-order chi connectivity index (χ1) is 15.4. The molecule has 0 aliphatic heterocycles. The highest BCUT2D eigenvalue weighted by Gasteiger charge is 2.29. The Hall–Kier alpha value is -3.73. The minimum Gasteiger partial charge on any atom is -0.332 e. The van der Waals surface area contributed by atoms with Gasteiger partial charge in [-0.3, -0.25) is 4.79 Å². The van der Waals surface area contributed by atoms with Gasteiger partial charge in [0, 0.05) is 41.1 Å². The van der Waals surface area contributed by atoms with Crippen molar-refractivity contribution in [2.45, 2.75) is 19.0 Å². The van der Waals surface area contributed by atoms with E-state index in [9.17, 15) is 18.0 Å². The molecule has 0 amide bonds. The number of nitrogens with one attached hydrogen (secondary N) is 1. The zero-order valence-corrected chi connectivity index (χ0v) is 17.2. The van der Waals surface area contributed by atoms with Crippen LogP contribution in [0.3, 0.4) is 0 Å². The number of halogens is 3. The maximum atomic E-state index is 12.7. The number of alkyl halides is 3. The number of aromatic nitrogens is 5. The third-order valence-corrected chi connectivity index (χ3v) is 5.40. The highest BCUT2D eigenvalue weighted by Crippen LogP contribution is 2.31. The van der Waals surface area contributed by atoms with E-state index in [4.69, 9.17) is 0 Å². The SMILES string of the molecule is O=C(CCc1cnc(Nc2ccc(C(F)(F)F)cc2)s1)c1cc(-c2cncnc2)ncn1. The van der Waals surface area contributed by atoms with Gasteiger partial charge in [-0.05, 0) is 36.8 Å². The molecule has 162 valence electrons. The molecular weight excluding hydrogens is 441 g/mol. The van der Waals surface area contributed by atoms with Gasteiger partial charge in [0.05, 0.1) is 11.3 Å². The number of rotatable bonds is 7. The van der Waals surface area contributed by atoms with Crippen LogP contribution >= 0.6 is 11.3 Å². The number of hydrogen-bond acceptors (Lipinski definition) is 8. The molecule has 0 aliphatic rings. The predicted octanol–water partition coefficient (Wildman–Crippen LogP) is 4.97. The van der Waals surface area contributed by atoms with Crippen molar-refractivity contribution < 1.29 is 18.0 Å². The summed E-state index contributed by atoms with van der Waals surface area (Å²) in [5.74, 6) is -0.142. The van der Waals surface area contributed by atoms with Crippen molar-refractivity contribution in [2.75, 3.05) is 5.32 Å². The Balaban J connectivity index is 1.36. The Bertz CT molecular complexity index is 1210. The number of benzene rings is 1. The molecule has 0 saturated heterocycles. The molecular formula is C21H15F3N6OS. The van der Waals surface area contributed by atoms with Crippen LogP contribution < -0.4 is 5.32 Å². The monoisotopic (exact) mass is 456 g/mol. The Labute approximate surface area is 184 Å². The van der Waals surface area contributed by atoms with Crippen molar-refractivity contribution in [3.63, 3.8) is 0 Å². The quantitative estimate of drug-likeness (QED) is 0.393. The number of hydrogen-bond donors (Lipinski definition) is 1. The summed E-state index contributed by atoms with van der Waals surface area (Å²) in [7, 11) is 0. The smallest absolute Gasteiger partial charge is 0.332 e. The number of nitrogens with zero attached hydrogens (tertiary/aromatic N) is 5. The van der Waals surface area contributed by atoms with Gasteiger partial charge in [-0.25, -0.2) is 24.9 Å². The fraction of sp³-hybridized carbons (Fsp3) is 0.143.